The summed E-state index contributed by atoms with van der Waals surface area (Å²) in [6.07, 6.45) is 0.399. The van der Waals surface area contributed by atoms with Gasteiger partial charge in [-0.3, -0.25) is 4.79 Å². The molecule has 1 N–H and O–H groups in total. The maximum Gasteiger partial charge on any atom is 0.251 e. The number of rotatable bonds is 5. The molecule has 0 aliphatic heterocycles. The Kier molecular flexibility index (Phi) is 5.63. The molecule has 0 radical (unpaired) electrons. The molecule has 0 aliphatic rings. The van der Waals surface area contributed by atoms with E-state index in [0.29, 0.717) is 29.8 Å². The second-order valence-corrected chi connectivity index (χ2v) is 5.38. The Morgan fingerprint density at radius 2 is 1.86 bits per heavy atom. The van der Waals surface area contributed by atoms with Crippen LogP contribution in [0.1, 0.15) is 15.9 Å². The van der Waals surface area contributed by atoms with E-state index in [2.05, 4.69) is 5.32 Å². The van der Waals surface area contributed by atoms with Crippen LogP contribution >= 0.6 is 23.2 Å². The zero-order valence-electron chi connectivity index (χ0n) is 11.8. The van der Waals surface area contributed by atoms with Crippen LogP contribution in [0.2, 0.25) is 10.0 Å². The summed E-state index contributed by atoms with van der Waals surface area (Å²) in [6, 6.07) is 9.40. The quantitative estimate of drug-likeness (QED) is 0.888. The van der Waals surface area contributed by atoms with Crippen LogP contribution in [0.3, 0.4) is 0 Å². The summed E-state index contributed by atoms with van der Waals surface area (Å²) in [5.74, 6) is -0.290. The van der Waals surface area contributed by atoms with Crippen molar-refractivity contribution in [2.75, 3.05) is 13.7 Å². The molecule has 6 heteroatoms. The van der Waals surface area contributed by atoms with E-state index in [-0.39, 0.29) is 21.8 Å². The Hall–Kier alpha value is -1.78. The van der Waals surface area contributed by atoms with E-state index < -0.39 is 0 Å². The van der Waals surface area contributed by atoms with Crippen LogP contribution < -0.4 is 10.1 Å². The summed E-state index contributed by atoms with van der Waals surface area (Å²) < 4.78 is 18.5. The van der Waals surface area contributed by atoms with Crippen LogP contribution in [0.5, 0.6) is 5.75 Å². The highest BCUT2D eigenvalue weighted by Crippen LogP contribution is 2.33. The zero-order valence-corrected chi connectivity index (χ0v) is 13.3. The smallest absolute Gasteiger partial charge is 0.251 e. The van der Waals surface area contributed by atoms with Gasteiger partial charge in [-0.1, -0.05) is 41.4 Å². The van der Waals surface area contributed by atoms with E-state index >= 15 is 0 Å². The molecule has 0 spiro atoms. The van der Waals surface area contributed by atoms with Crippen molar-refractivity contribution in [2.24, 2.45) is 0 Å². The lowest BCUT2D eigenvalue weighted by Crippen LogP contribution is -2.26. The molecule has 3 nitrogen and oxygen atoms in total. The van der Waals surface area contributed by atoms with Crippen molar-refractivity contribution in [1.82, 2.24) is 5.32 Å². The Morgan fingerprint density at radius 1 is 1.23 bits per heavy atom. The van der Waals surface area contributed by atoms with Gasteiger partial charge in [0.15, 0.2) is 5.75 Å². The van der Waals surface area contributed by atoms with E-state index in [0.717, 1.165) is 0 Å². The summed E-state index contributed by atoms with van der Waals surface area (Å²) in [6.45, 7) is 0.307. The van der Waals surface area contributed by atoms with Gasteiger partial charge >= 0.3 is 0 Å². The second kappa shape index (κ2) is 7.47. The Labute approximate surface area is 138 Å². The molecular weight excluding hydrogens is 328 g/mol. The number of amides is 1. The molecule has 0 saturated carbocycles. The molecule has 0 heterocycles. The van der Waals surface area contributed by atoms with Crippen LogP contribution in [0.15, 0.2) is 36.4 Å². The maximum atomic E-state index is 13.5. The second-order valence-electron chi connectivity index (χ2n) is 4.57. The van der Waals surface area contributed by atoms with Gasteiger partial charge in [-0.25, -0.2) is 4.39 Å². The summed E-state index contributed by atoms with van der Waals surface area (Å²) in [4.78, 5) is 12.1. The van der Waals surface area contributed by atoms with E-state index in [1.165, 1.54) is 25.3 Å². The summed E-state index contributed by atoms with van der Waals surface area (Å²) in [5, 5.41) is 3.22. The number of ether oxygens (including phenoxy) is 1. The zero-order chi connectivity index (χ0) is 16.1. The highest BCUT2D eigenvalue weighted by Gasteiger charge is 2.13. The number of halogens is 3. The molecule has 2 aromatic carbocycles. The van der Waals surface area contributed by atoms with Crippen molar-refractivity contribution in [3.63, 3.8) is 0 Å². The lowest BCUT2D eigenvalue weighted by molar-refractivity contribution is 0.0954. The average molecular weight is 342 g/mol. The van der Waals surface area contributed by atoms with Gasteiger partial charge in [-0.2, -0.15) is 0 Å². The first-order chi connectivity index (χ1) is 10.5. The first-order valence-corrected chi connectivity index (χ1v) is 7.33. The number of hydrogen-bond acceptors (Lipinski definition) is 2. The van der Waals surface area contributed by atoms with Crippen LogP contribution in [0.4, 0.5) is 4.39 Å². The number of nitrogens with one attached hydrogen (secondary N) is 1. The fourth-order valence-corrected chi connectivity index (χ4v) is 2.64. The molecular formula is C16H14Cl2FNO2. The van der Waals surface area contributed by atoms with Crippen LogP contribution in [-0.4, -0.2) is 19.6 Å². The predicted molar refractivity (Wildman–Crippen MR) is 85.5 cm³/mol. The minimum atomic E-state index is -0.331. The number of hydrogen-bond donors (Lipinski definition) is 1. The number of benzene rings is 2. The van der Waals surface area contributed by atoms with Crippen LogP contribution in [-0.2, 0) is 6.42 Å². The molecule has 1 amide bonds. The minimum absolute atomic E-state index is 0.259. The van der Waals surface area contributed by atoms with E-state index in [4.69, 9.17) is 27.9 Å². The highest BCUT2D eigenvalue weighted by atomic mass is 35.5. The van der Waals surface area contributed by atoms with Gasteiger partial charge in [0, 0.05) is 12.1 Å². The molecule has 0 aromatic heterocycles. The first kappa shape index (κ1) is 16.6. The maximum absolute atomic E-state index is 13.5. The van der Waals surface area contributed by atoms with Crippen molar-refractivity contribution >= 4 is 29.1 Å². The monoisotopic (exact) mass is 341 g/mol. The van der Waals surface area contributed by atoms with Crippen molar-refractivity contribution in [1.29, 1.82) is 0 Å². The van der Waals surface area contributed by atoms with Crippen LogP contribution in [0.25, 0.3) is 0 Å². The fourth-order valence-electron chi connectivity index (χ4n) is 2.00. The number of methoxy groups -OCH3 is 1. The molecule has 116 valence electrons. The van der Waals surface area contributed by atoms with Gasteiger partial charge in [-0.15, -0.1) is 0 Å². The van der Waals surface area contributed by atoms with Crippen molar-refractivity contribution in [3.05, 3.63) is 63.4 Å². The molecule has 2 aromatic rings. The number of carbonyl (C=O) groups excluding carboxylic acids is 1. The Bertz CT molecular complexity index is 669. The predicted octanol–water partition coefficient (Wildman–Crippen LogP) is 4.11. The lowest BCUT2D eigenvalue weighted by atomic mass is 10.1. The highest BCUT2D eigenvalue weighted by molar-refractivity contribution is 6.37. The molecule has 2 rings (SSSR count). The third-order valence-electron chi connectivity index (χ3n) is 3.10. The minimum Gasteiger partial charge on any atom is -0.494 e. The Morgan fingerprint density at radius 3 is 2.45 bits per heavy atom. The molecule has 0 atom stereocenters. The fraction of sp³-hybridized carbons (Fsp3) is 0.188. The van der Waals surface area contributed by atoms with Gasteiger partial charge in [0.05, 0.1) is 17.2 Å². The Balaban J connectivity index is 2.00. The van der Waals surface area contributed by atoms with Gasteiger partial charge in [-0.05, 0) is 30.2 Å². The van der Waals surface area contributed by atoms with Crippen LogP contribution in [0, 0.1) is 5.82 Å². The van der Waals surface area contributed by atoms with Crippen molar-refractivity contribution in [2.45, 2.75) is 6.42 Å². The van der Waals surface area contributed by atoms with Gasteiger partial charge in [0.1, 0.15) is 5.82 Å². The van der Waals surface area contributed by atoms with E-state index in [9.17, 15) is 9.18 Å². The molecule has 0 aliphatic carbocycles. The third kappa shape index (κ3) is 3.90. The largest absolute Gasteiger partial charge is 0.494 e. The summed E-state index contributed by atoms with van der Waals surface area (Å²) in [5.41, 5.74) is 0.873. The van der Waals surface area contributed by atoms with E-state index in [1.54, 1.807) is 18.2 Å². The van der Waals surface area contributed by atoms with Gasteiger partial charge in [0.2, 0.25) is 0 Å². The molecule has 0 unspecified atom stereocenters. The normalized spacial score (nSPS) is 10.4. The first-order valence-electron chi connectivity index (χ1n) is 6.57. The lowest BCUT2D eigenvalue weighted by Gasteiger charge is -2.09. The van der Waals surface area contributed by atoms with Gasteiger partial charge in [0.25, 0.3) is 5.91 Å². The topological polar surface area (TPSA) is 38.3 Å². The third-order valence-corrected chi connectivity index (χ3v) is 3.66. The summed E-state index contributed by atoms with van der Waals surface area (Å²) >= 11 is 12.0. The van der Waals surface area contributed by atoms with Crippen molar-refractivity contribution < 1.29 is 13.9 Å². The van der Waals surface area contributed by atoms with Gasteiger partial charge < -0.3 is 10.1 Å². The SMILES string of the molecule is COc1c(Cl)cc(C(=O)NCCc2ccccc2F)cc1Cl. The summed E-state index contributed by atoms with van der Waals surface area (Å²) in [7, 11) is 1.45. The average Bonchev–Trinajstić information content (AvgIpc) is 2.48. The molecule has 0 fully saturated rings. The molecule has 22 heavy (non-hydrogen) atoms. The van der Waals surface area contributed by atoms with Crippen molar-refractivity contribution in [3.8, 4) is 5.75 Å². The number of carbonyl (C=O) groups is 1. The van der Waals surface area contributed by atoms with E-state index in [1.807, 2.05) is 0 Å². The molecule has 0 saturated heterocycles. The molecule has 0 bridgehead atoms. The standard InChI is InChI=1S/C16H14Cl2FNO2/c1-22-15-12(17)8-11(9-13(15)18)16(21)20-7-6-10-4-2-3-5-14(10)19/h2-5,8-9H,6-7H2,1H3,(H,20,21).